The molecule has 1 aliphatic heterocycles. The molecule has 1 saturated heterocycles. The summed E-state index contributed by atoms with van der Waals surface area (Å²) in [4.78, 5) is 0. The van der Waals surface area contributed by atoms with Crippen LogP contribution in [0.4, 0.5) is 0 Å². The van der Waals surface area contributed by atoms with Crippen LogP contribution < -0.4 is 0 Å². The predicted octanol–water partition coefficient (Wildman–Crippen LogP) is 5.51. The van der Waals surface area contributed by atoms with Gasteiger partial charge in [0.1, 0.15) is 12.2 Å². The number of hydrogen-bond donors (Lipinski definition) is 0. The molecule has 0 unspecified atom stereocenters. The third kappa shape index (κ3) is 1.95. The Hall–Kier alpha value is -1.90. The number of hydrogen-bond acceptors (Lipinski definition) is 2. The minimum absolute atomic E-state index is 0.000315. The minimum Gasteiger partial charge on any atom is -0.340 e. The van der Waals surface area contributed by atoms with Gasteiger partial charge in [-0.05, 0) is 66.5 Å². The first-order valence-corrected chi connectivity index (χ1v) is 9.91. The number of ether oxygens (including phenoxy) is 2. The van der Waals surface area contributed by atoms with Crippen LogP contribution in [-0.4, -0.2) is 11.9 Å². The normalized spacial score (nSPS) is 35.8. The van der Waals surface area contributed by atoms with Crippen LogP contribution in [0.3, 0.4) is 0 Å². The zero-order valence-electron chi connectivity index (χ0n) is 15.4. The largest absolute Gasteiger partial charge is 0.340 e. The standard InChI is InChI=1S/C24H24O2/c1-24(2)25-22-19-10-6-5-9-17(19)18-12-11-15-13-14-7-3-4-8-16(14)20(15)21(18)23(22)26-24/h5-6,8-13,15,18,22-23H,3-4,7H2,1-2H3/t15-,18-,22-,23-/m1/s1. The number of fused-ring (bicyclic) bond motifs is 9. The highest BCUT2D eigenvalue weighted by Crippen LogP contribution is 2.57. The molecule has 5 aliphatic rings. The van der Waals surface area contributed by atoms with E-state index in [0.29, 0.717) is 11.8 Å². The van der Waals surface area contributed by atoms with E-state index in [9.17, 15) is 0 Å². The SMILES string of the molecule is CC1(C)O[C@@H]2C3=C4C5=CCCCC5=C[C@H]4C=C[C@@H]3c3ccccc3[C@H]2O1. The Morgan fingerprint density at radius 1 is 1.00 bits per heavy atom. The molecular formula is C24H24O2. The Balaban J connectivity index is 1.61. The molecule has 0 bridgehead atoms. The Morgan fingerprint density at radius 3 is 2.69 bits per heavy atom. The van der Waals surface area contributed by atoms with Crippen molar-refractivity contribution in [3.63, 3.8) is 0 Å². The molecule has 6 rings (SSSR count). The minimum atomic E-state index is -0.544. The van der Waals surface area contributed by atoms with E-state index >= 15 is 0 Å². The predicted molar refractivity (Wildman–Crippen MR) is 102 cm³/mol. The lowest BCUT2D eigenvalue weighted by molar-refractivity contribution is -0.144. The summed E-state index contributed by atoms with van der Waals surface area (Å²) in [5, 5.41) is 0. The topological polar surface area (TPSA) is 18.5 Å². The van der Waals surface area contributed by atoms with Gasteiger partial charge in [-0.15, -0.1) is 0 Å². The van der Waals surface area contributed by atoms with Crippen molar-refractivity contribution >= 4 is 0 Å². The fourth-order valence-corrected chi connectivity index (χ4v) is 5.61. The first-order valence-electron chi connectivity index (χ1n) is 9.91. The van der Waals surface area contributed by atoms with Gasteiger partial charge in [0, 0.05) is 11.8 Å². The Kier molecular flexibility index (Phi) is 2.97. The molecule has 0 radical (unpaired) electrons. The van der Waals surface area contributed by atoms with Gasteiger partial charge in [0.2, 0.25) is 0 Å². The smallest absolute Gasteiger partial charge is 0.164 e. The van der Waals surface area contributed by atoms with Crippen LogP contribution in [0.1, 0.15) is 56.3 Å². The van der Waals surface area contributed by atoms with Crippen molar-refractivity contribution in [1.82, 2.24) is 0 Å². The molecule has 0 aromatic heterocycles. The highest BCUT2D eigenvalue weighted by molar-refractivity contribution is 5.65. The van der Waals surface area contributed by atoms with Crippen LogP contribution >= 0.6 is 0 Å². The second-order valence-corrected chi connectivity index (χ2v) is 8.56. The summed E-state index contributed by atoms with van der Waals surface area (Å²) in [6, 6.07) is 8.77. The Morgan fingerprint density at radius 2 is 1.81 bits per heavy atom. The molecule has 2 heteroatoms. The molecular weight excluding hydrogens is 320 g/mol. The third-order valence-electron chi connectivity index (χ3n) is 6.55. The molecule has 0 spiro atoms. The summed E-state index contributed by atoms with van der Waals surface area (Å²) in [5.41, 5.74) is 8.69. The van der Waals surface area contributed by atoms with E-state index in [1.165, 1.54) is 47.1 Å². The highest BCUT2D eigenvalue weighted by Gasteiger charge is 2.52. The highest BCUT2D eigenvalue weighted by atomic mass is 16.8. The number of allylic oxidation sites excluding steroid dienone is 7. The van der Waals surface area contributed by atoms with Gasteiger partial charge in [0.25, 0.3) is 0 Å². The molecule has 2 nitrogen and oxygen atoms in total. The second-order valence-electron chi connectivity index (χ2n) is 8.56. The van der Waals surface area contributed by atoms with E-state index < -0.39 is 5.79 Å². The van der Waals surface area contributed by atoms with E-state index in [1.54, 1.807) is 5.57 Å². The number of benzene rings is 1. The number of rotatable bonds is 0. The Labute approximate surface area is 154 Å². The summed E-state index contributed by atoms with van der Waals surface area (Å²) in [7, 11) is 0. The maximum absolute atomic E-state index is 6.50. The fourth-order valence-electron chi connectivity index (χ4n) is 5.61. The molecule has 4 aliphatic carbocycles. The van der Waals surface area contributed by atoms with Crippen molar-refractivity contribution in [1.29, 1.82) is 0 Å². The summed E-state index contributed by atoms with van der Waals surface area (Å²) < 4.78 is 12.9. The van der Waals surface area contributed by atoms with Crippen LogP contribution in [0.5, 0.6) is 0 Å². The molecule has 0 amide bonds. The molecule has 0 N–H and O–H groups in total. The lowest BCUT2D eigenvalue weighted by Crippen LogP contribution is -2.32. The first-order chi connectivity index (χ1) is 12.6. The molecule has 1 aromatic carbocycles. The fraction of sp³-hybridized carbons (Fsp3) is 0.417. The van der Waals surface area contributed by atoms with Gasteiger partial charge in [0.15, 0.2) is 5.79 Å². The van der Waals surface area contributed by atoms with E-state index in [1.807, 2.05) is 13.8 Å². The molecule has 1 aromatic rings. The van der Waals surface area contributed by atoms with Crippen LogP contribution in [0.25, 0.3) is 0 Å². The lowest BCUT2D eigenvalue weighted by atomic mass is 9.69. The van der Waals surface area contributed by atoms with Gasteiger partial charge >= 0.3 is 0 Å². The van der Waals surface area contributed by atoms with Crippen molar-refractivity contribution in [3.8, 4) is 0 Å². The molecule has 1 heterocycles. The summed E-state index contributed by atoms with van der Waals surface area (Å²) in [5.74, 6) is 0.183. The summed E-state index contributed by atoms with van der Waals surface area (Å²) >= 11 is 0. The Bertz CT molecular complexity index is 927. The molecule has 0 saturated carbocycles. The molecule has 26 heavy (non-hydrogen) atoms. The molecule has 1 fully saturated rings. The molecule has 132 valence electrons. The quantitative estimate of drug-likeness (QED) is 0.578. The van der Waals surface area contributed by atoms with Gasteiger partial charge < -0.3 is 9.47 Å². The zero-order chi connectivity index (χ0) is 17.5. The van der Waals surface area contributed by atoms with Crippen LogP contribution in [0.2, 0.25) is 0 Å². The van der Waals surface area contributed by atoms with Gasteiger partial charge in [-0.1, -0.05) is 48.6 Å². The van der Waals surface area contributed by atoms with Crippen molar-refractivity contribution < 1.29 is 9.47 Å². The van der Waals surface area contributed by atoms with Gasteiger partial charge in [0.05, 0.1) is 0 Å². The lowest BCUT2D eigenvalue weighted by Gasteiger charge is -2.38. The van der Waals surface area contributed by atoms with E-state index in [4.69, 9.17) is 9.47 Å². The van der Waals surface area contributed by atoms with Crippen molar-refractivity contribution in [2.75, 3.05) is 0 Å². The average molecular weight is 344 g/mol. The molecule has 4 atom stereocenters. The van der Waals surface area contributed by atoms with Crippen LogP contribution in [0.15, 0.2) is 70.9 Å². The average Bonchev–Trinajstić information content (AvgIpc) is 3.18. The zero-order valence-corrected chi connectivity index (χ0v) is 15.4. The van der Waals surface area contributed by atoms with Gasteiger partial charge in [-0.3, -0.25) is 0 Å². The monoisotopic (exact) mass is 344 g/mol. The van der Waals surface area contributed by atoms with E-state index in [2.05, 4.69) is 48.6 Å². The maximum Gasteiger partial charge on any atom is 0.164 e. The summed E-state index contributed by atoms with van der Waals surface area (Å²) in [6.45, 7) is 4.09. The van der Waals surface area contributed by atoms with Crippen LogP contribution in [0, 0.1) is 5.92 Å². The van der Waals surface area contributed by atoms with Crippen molar-refractivity contribution in [2.24, 2.45) is 5.92 Å². The van der Waals surface area contributed by atoms with Crippen molar-refractivity contribution in [2.45, 2.75) is 57.0 Å². The van der Waals surface area contributed by atoms with E-state index in [0.717, 1.165) is 0 Å². The first kappa shape index (κ1) is 15.2. The van der Waals surface area contributed by atoms with E-state index in [-0.39, 0.29) is 12.2 Å². The van der Waals surface area contributed by atoms with Crippen LogP contribution in [-0.2, 0) is 9.47 Å². The van der Waals surface area contributed by atoms with Crippen molar-refractivity contribution in [3.05, 3.63) is 82.0 Å². The van der Waals surface area contributed by atoms with Gasteiger partial charge in [-0.25, -0.2) is 0 Å². The second kappa shape index (κ2) is 5.09. The maximum atomic E-state index is 6.50. The third-order valence-corrected chi connectivity index (χ3v) is 6.55. The van der Waals surface area contributed by atoms with Gasteiger partial charge in [-0.2, -0.15) is 0 Å². The summed E-state index contributed by atoms with van der Waals surface area (Å²) in [6.07, 6.45) is 13.5.